The van der Waals surface area contributed by atoms with Gasteiger partial charge in [0.1, 0.15) is 5.82 Å². The van der Waals surface area contributed by atoms with Crippen molar-refractivity contribution in [3.05, 3.63) is 22.8 Å². The van der Waals surface area contributed by atoms with Crippen LogP contribution >= 0.6 is 11.6 Å². The summed E-state index contributed by atoms with van der Waals surface area (Å²) in [5, 5.41) is 3.30. The SMILES string of the molecule is CNc1ncc(C(=O)N(C)CC2CCCO2)cc1Cl. The lowest BCUT2D eigenvalue weighted by atomic mass is 10.2. The summed E-state index contributed by atoms with van der Waals surface area (Å²) in [5.41, 5.74) is 0.490. The molecule has 2 heterocycles. The monoisotopic (exact) mass is 283 g/mol. The van der Waals surface area contributed by atoms with E-state index in [1.807, 2.05) is 0 Å². The second kappa shape index (κ2) is 6.21. The van der Waals surface area contributed by atoms with Crippen molar-refractivity contribution in [1.29, 1.82) is 0 Å². The summed E-state index contributed by atoms with van der Waals surface area (Å²) in [6.45, 7) is 1.39. The number of carbonyl (C=O) groups excluding carboxylic acids is 1. The summed E-state index contributed by atoms with van der Waals surface area (Å²) in [4.78, 5) is 18.0. The van der Waals surface area contributed by atoms with E-state index >= 15 is 0 Å². The molecule has 19 heavy (non-hydrogen) atoms. The number of pyridine rings is 1. The number of hydrogen-bond acceptors (Lipinski definition) is 4. The number of rotatable bonds is 4. The molecule has 1 N–H and O–H groups in total. The average molecular weight is 284 g/mol. The number of hydrogen-bond donors (Lipinski definition) is 1. The van der Waals surface area contributed by atoms with E-state index in [9.17, 15) is 4.79 Å². The van der Waals surface area contributed by atoms with Crippen molar-refractivity contribution < 1.29 is 9.53 Å². The first kappa shape index (κ1) is 14.1. The molecule has 1 saturated heterocycles. The van der Waals surface area contributed by atoms with Crippen LogP contribution in [0.25, 0.3) is 0 Å². The van der Waals surface area contributed by atoms with Crippen LogP contribution in [0.3, 0.4) is 0 Å². The minimum absolute atomic E-state index is 0.0902. The van der Waals surface area contributed by atoms with Gasteiger partial charge in [0, 0.05) is 33.4 Å². The van der Waals surface area contributed by atoms with Crippen LogP contribution in [0.5, 0.6) is 0 Å². The average Bonchev–Trinajstić information content (AvgIpc) is 2.90. The largest absolute Gasteiger partial charge is 0.376 e. The van der Waals surface area contributed by atoms with Crippen molar-refractivity contribution in [2.75, 3.05) is 32.6 Å². The Morgan fingerprint density at radius 2 is 2.47 bits per heavy atom. The molecule has 2 rings (SSSR count). The van der Waals surface area contributed by atoms with E-state index in [1.54, 1.807) is 25.1 Å². The lowest BCUT2D eigenvalue weighted by Crippen LogP contribution is -2.34. The number of aromatic nitrogens is 1. The molecule has 1 aromatic rings. The van der Waals surface area contributed by atoms with Crippen molar-refractivity contribution in [1.82, 2.24) is 9.88 Å². The van der Waals surface area contributed by atoms with Crippen LogP contribution in [0.15, 0.2) is 12.3 Å². The summed E-state index contributed by atoms with van der Waals surface area (Å²) >= 11 is 6.03. The first-order chi connectivity index (χ1) is 9.11. The molecular weight excluding hydrogens is 266 g/mol. The topological polar surface area (TPSA) is 54.5 Å². The maximum atomic E-state index is 12.2. The predicted molar refractivity (Wildman–Crippen MR) is 74.7 cm³/mol. The van der Waals surface area contributed by atoms with Crippen molar-refractivity contribution in [3.63, 3.8) is 0 Å². The van der Waals surface area contributed by atoms with E-state index in [-0.39, 0.29) is 12.0 Å². The number of nitrogens with zero attached hydrogens (tertiary/aromatic N) is 2. The number of nitrogens with one attached hydrogen (secondary N) is 1. The Bertz CT molecular complexity index is 461. The molecule has 1 aliphatic rings. The van der Waals surface area contributed by atoms with Crippen molar-refractivity contribution >= 4 is 23.3 Å². The Balaban J connectivity index is 2.03. The smallest absolute Gasteiger partial charge is 0.255 e. The molecule has 5 nitrogen and oxygen atoms in total. The van der Waals surface area contributed by atoms with Gasteiger partial charge >= 0.3 is 0 Å². The minimum Gasteiger partial charge on any atom is -0.376 e. The van der Waals surface area contributed by atoms with Gasteiger partial charge in [-0.05, 0) is 18.9 Å². The number of ether oxygens (including phenoxy) is 1. The first-order valence-corrected chi connectivity index (χ1v) is 6.70. The van der Waals surface area contributed by atoms with E-state index in [2.05, 4.69) is 10.3 Å². The van der Waals surface area contributed by atoms with Gasteiger partial charge in [-0.2, -0.15) is 0 Å². The van der Waals surface area contributed by atoms with Crippen LogP contribution < -0.4 is 5.32 Å². The molecule has 0 aliphatic carbocycles. The number of likely N-dealkylation sites (N-methyl/N-ethyl adjacent to an activating group) is 1. The molecule has 0 bridgehead atoms. The lowest BCUT2D eigenvalue weighted by Gasteiger charge is -2.21. The molecule has 0 aromatic carbocycles. The second-order valence-electron chi connectivity index (χ2n) is 4.63. The summed E-state index contributed by atoms with van der Waals surface area (Å²) in [6, 6.07) is 1.63. The third-order valence-corrected chi connectivity index (χ3v) is 3.46. The molecule has 6 heteroatoms. The molecule has 0 spiro atoms. The molecule has 1 amide bonds. The van der Waals surface area contributed by atoms with Gasteiger partial charge in [-0.25, -0.2) is 4.98 Å². The van der Waals surface area contributed by atoms with Crippen LogP contribution in [0.4, 0.5) is 5.82 Å². The maximum absolute atomic E-state index is 12.2. The van der Waals surface area contributed by atoms with Crippen molar-refractivity contribution in [2.45, 2.75) is 18.9 Å². The number of amides is 1. The van der Waals surface area contributed by atoms with Crippen molar-refractivity contribution in [3.8, 4) is 0 Å². The fraction of sp³-hybridized carbons (Fsp3) is 0.538. The van der Waals surface area contributed by atoms with Gasteiger partial charge in [0.15, 0.2) is 0 Å². The van der Waals surface area contributed by atoms with Gasteiger partial charge in [-0.1, -0.05) is 11.6 Å². The zero-order valence-corrected chi connectivity index (χ0v) is 11.9. The summed E-state index contributed by atoms with van der Waals surface area (Å²) in [7, 11) is 3.50. The molecule has 0 saturated carbocycles. The number of anilines is 1. The molecule has 104 valence electrons. The fourth-order valence-corrected chi connectivity index (χ4v) is 2.40. The zero-order chi connectivity index (χ0) is 13.8. The van der Waals surface area contributed by atoms with Crippen LogP contribution in [0.1, 0.15) is 23.2 Å². The molecule has 1 aliphatic heterocycles. The highest BCUT2D eigenvalue weighted by Crippen LogP contribution is 2.20. The summed E-state index contributed by atoms with van der Waals surface area (Å²) in [5.74, 6) is 0.479. The minimum atomic E-state index is -0.0902. The fourth-order valence-electron chi connectivity index (χ4n) is 2.14. The number of carbonyl (C=O) groups is 1. The standard InChI is InChI=1S/C13H18ClN3O2/c1-15-12-11(14)6-9(7-16-12)13(18)17(2)8-10-4-3-5-19-10/h6-7,10H,3-5,8H2,1-2H3,(H,15,16). The van der Waals surface area contributed by atoms with E-state index in [1.165, 1.54) is 6.20 Å². The highest BCUT2D eigenvalue weighted by atomic mass is 35.5. The van der Waals surface area contributed by atoms with Gasteiger partial charge in [0.2, 0.25) is 0 Å². The Hall–Kier alpha value is -1.33. The van der Waals surface area contributed by atoms with Gasteiger partial charge < -0.3 is 15.0 Å². The third kappa shape index (κ3) is 3.36. The normalized spacial score (nSPS) is 18.4. The van der Waals surface area contributed by atoms with Gasteiger partial charge in [-0.15, -0.1) is 0 Å². The zero-order valence-electron chi connectivity index (χ0n) is 11.1. The van der Waals surface area contributed by atoms with E-state index in [0.29, 0.717) is 22.9 Å². The quantitative estimate of drug-likeness (QED) is 0.919. The molecule has 1 atom stereocenters. The second-order valence-corrected chi connectivity index (χ2v) is 5.03. The van der Waals surface area contributed by atoms with Crippen LogP contribution in [-0.4, -0.2) is 49.1 Å². The first-order valence-electron chi connectivity index (χ1n) is 6.32. The Kier molecular flexibility index (Phi) is 4.61. The van der Waals surface area contributed by atoms with Crippen LogP contribution in [0.2, 0.25) is 5.02 Å². The third-order valence-electron chi connectivity index (χ3n) is 3.17. The number of halogens is 1. The molecule has 1 unspecified atom stereocenters. The highest BCUT2D eigenvalue weighted by Gasteiger charge is 2.21. The lowest BCUT2D eigenvalue weighted by molar-refractivity contribution is 0.0587. The predicted octanol–water partition coefficient (Wildman–Crippen LogP) is 2.03. The summed E-state index contributed by atoms with van der Waals surface area (Å²) < 4.78 is 5.52. The van der Waals surface area contributed by atoms with Crippen LogP contribution in [0, 0.1) is 0 Å². The van der Waals surface area contributed by atoms with E-state index in [0.717, 1.165) is 19.4 Å². The highest BCUT2D eigenvalue weighted by molar-refractivity contribution is 6.33. The summed E-state index contributed by atoms with van der Waals surface area (Å²) in [6.07, 6.45) is 3.76. The molecular formula is C13H18ClN3O2. The van der Waals surface area contributed by atoms with Crippen LogP contribution in [-0.2, 0) is 4.74 Å². The Morgan fingerprint density at radius 1 is 1.68 bits per heavy atom. The van der Waals surface area contributed by atoms with Gasteiger partial charge in [0.25, 0.3) is 5.91 Å². The molecule has 1 fully saturated rings. The van der Waals surface area contributed by atoms with E-state index < -0.39 is 0 Å². The van der Waals surface area contributed by atoms with Gasteiger partial charge in [0.05, 0.1) is 16.7 Å². The maximum Gasteiger partial charge on any atom is 0.255 e. The Morgan fingerprint density at radius 3 is 3.05 bits per heavy atom. The molecule has 0 radical (unpaired) electrons. The van der Waals surface area contributed by atoms with Crippen molar-refractivity contribution in [2.24, 2.45) is 0 Å². The molecule has 1 aromatic heterocycles. The van der Waals surface area contributed by atoms with E-state index in [4.69, 9.17) is 16.3 Å². The van der Waals surface area contributed by atoms with Gasteiger partial charge in [-0.3, -0.25) is 4.79 Å². The Labute approximate surface area is 117 Å².